The molecule has 11 nitrogen and oxygen atoms in total. The summed E-state index contributed by atoms with van der Waals surface area (Å²) in [6, 6.07) is 12.7. The van der Waals surface area contributed by atoms with Crippen LogP contribution in [0.15, 0.2) is 72.0 Å². The molecule has 0 spiro atoms. The highest BCUT2D eigenvalue weighted by atomic mass is 32.2. The summed E-state index contributed by atoms with van der Waals surface area (Å²) in [5.41, 5.74) is 1.22. The van der Waals surface area contributed by atoms with E-state index in [-0.39, 0.29) is 35.6 Å². The van der Waals surface area contributed by atoms with Crippen LogP contribution in [0.25, 0.3) is 0 Å². The number of imide groups is 1. The molecule has 3 aromatic rings. The number of aromatic nitrogens is 2. The van der Waals surface area contributed by atoms with Gasteiger partial charge >= 0.3 is 0 Å². The lowest BCUT2D eigenvalue weighted by molar-refractivity contribution is -0.116. The van der Waals surface area contributed by atoms with Crippen LogP contribution in [-0.2, 0) is 14.8 Å². The van der Waals surface area contributed by atoms with Gasteiger partial charge in [0.05, 0.1) is 22.2 Å². The predicted molar refractivity (Wildman–Crippen MR) is 139 cm³/mol. The minimum absolute atomic E-state index is 0.101. The van der Waals surface area contributed by atoms with Gasteiger partial charge in [-0.3, -0.25) is 24.3 Å². The van der Waals surface area contributed by atoms with Gasteiger partial charge in [0.2, 0.25) is 15.9 Å². The third-order valence-corrected chi connectivity index (χ3v) is 8.46. The Kier molecular flexibility index (Phi) is 7.16. The first-order chi connectivity index (χ1) is 18.3. The molecule has 1 N–H and O–H groups in total. The number of nitrogens with zero attached hydrogens (tertiary/aromatic N) is 5. The second-order valence-electron chi connectivity index (χ2n) is 8.94. The van der Waals surface area contributed by atoms with E-state index in [1.807, 2.05) is 4.90 Å². The third kappa shape index (κ3) is 5.13. The second kappa shape index (κ2) is 10.7. The summed E-state index contributed by atoms with van der Waals surface area (Å²) in [5.74, 6) is -0.276. The van der Waals surface area contributed by atoms with Gasteiger partial charge in [0, 0.05) is 57.2 Å². The lowest BCUT2D eigenvalue weighted by Crippen LogP contribution is -2.48. The molecule has 0 saturated carbocycles. The van der Waals surface area contributed by atoms with Crippen molar-refractivity contribution < 1.29 is 22.8 Å². The number of piperazine rings is 1. The first-order valence-electron chi connectivity index (χ1n) is 12.2. The van der Waals surface area contributed by atoms with Crippen LogP contribution in [0.5, 0.6) is 0 Å². The van der Waals surface area contributed by atoms with E-state index >= 15 is 0 Å². The van der Waals surface area contributed by atoms with E-state index in [1.165, 1.54) is 16.4 Å². The van der Waals surface area contributed by atoms with Crippen molar-refractivity contribution in [2.45, 2.75) is 17.7 Å². The number of hydrogen-bond donors (Lipinski definition) is 1. The molecule has 12 heteroatoms. The molecule has 3 amide bonds. The van der Waals surface area contributed by atoms with Crippen LogP contribution in [0, 0.1) is 0 Å². The normalized spacial score (nSPS) is 16.0. The largest absolute Gasteiger partial charge is 0.353 e. The Hall–Kier alpha value is -4.16. The zero-order valence-electron chi connectivity index (χ0n) is 20.5. The first-order valence-corrected chi connectivity index (χ1v) is 13.6. The number of benzene rings is 2. The van der Waals surface area contributed by atoms with Crippen LogP contribution in [0.4, 0.5) is 11.5 Å². The lowest BCUT2D eigenvalue weighted by atomic mass is 10.1. The number of carbonyl (C=O) groups is 3. The molecule has 38 heavy (non-hydrogen) atoms. The first kappa shape index (κ1) is 25.5. The third-order valence-electron chi connectivity index (χ3n) is 6.55. The Labute approximate surface area is 220 Å². The Bertz CT molecular complexity index is 1420. The molecule has 5 rings (SSSR count). The van der Waals surface area contributed by atoms with E-state index in [0.29, 0.717) is 55.2 Å². The van der Waals surface area contributed by atoms with Crippen LogP contribution in [0.1, 0.15) is 33.6 Å². The smallest absolute Gasteiger partial charge is 0.261 e. The van der Waals surface area contributed by atoms with Gasteiger partial charge in [0.25, 0.3) is 11.8 Å². The second-order valence-corrected chi connectivity index (χ2v) is 10.9. The molecule has 3 heterocycles. The number of carbonyl (C=O) groups excluding carboxylic acids is 3. The van der Waals surface area contributed by atoms with Crippen molar-refractivity contribution in [3.63, 3.8) is 0 Å². The van der Waals surface area contributed by atoms with Crippen molar-refractivity contribution in [2.75, 3.05) is 42.9 Å². The minimum atomic E-state index is -3.68. The minimum Gasteiger partial charge on any atom is -0.353 e. The standard InChI is InChI=1S/C26H26N6O5S/c33-24(6-3-13-32-25(34)21-4-1-2-5-22(21)26(32)35)29-19-7-9-20(10-8-19)38(36,37)31-16-14-30(15-17-31)23-18-27-11-12-28-23/h1-2,4-5,7-12,18H,3,6,13-17H2,(H,29,33). The van der Waals surface area contributed by atoms with Crippen molar-refractivity contribution in [2.24, 2.45) is 0 Å². The molecule has 0 unspecified atom stereocenters. The van der Waals surface area contributed by atoms with Gasteiger partial charge in [-0.25, -0.2) is 13.4 Å². The van der Waals surface area contributed by atoms with Crippen LogP contribution in [-0.4, -0.2) is 78.0 Å². The monoisotopic (exact) mass is 534 g/mol. The fraction of sp³-hybridized carbons (Fsp3) is 0.269. The number of amides is 3. The molecule has 2 aromatic carbocycles. The summed E-state index contributed by atoms with van der Waals surface area (Å²) in [4.78, 5) is 48.9. The van der Waals surface area contributed by atoms with Crippen molar-refractivity contribution in [3.05, 3.63) is 78.2 Å². The van der Waals surface area contributed by atoms with E-state index in [2.05, 4.69) is 15.3 Å². The number of anilines is 2. The Morgan fingerprint density at radius 1 is 0.895 bits per heavy atom. The van der Waals surface area contributed by atoms with Crippen molar-refractivity contribution in [3.8, 4) is 0 Å². The number of nitrogens with one attached hydrogen (secondary N) is 1. The fourth-order valence-electron chi connectivity index (χ4n) is 4.53. The fourth-order valence-corrected chi connectivity index (χ4v) is 5.96. The van der Waals surface area contributed by atoms with Crippen LogP contribution in [0.2, 0.25) is 0 Å². The van der Waals surface area contributed by atoms with Gasteiger partial charge in [-0.15, -0.1) is 0 Å². The molecular formula is C26H26N6O5S. The SMILES string of the molecule is O=C(CCCN1C(=O)c2ccccc2C1=O)Nc1ccc(S(=O)(=O)N2CCN(c3cnccn3)CC2)cc1. The molecule has 196 valence electrons. The van der Waals surface area contributed by atoms with E-state index in [9.17, 15) is 22.8 Å². The van der Waals surface area contributed by atoms with Gasteiger partial charge in [-0.1, -0.05) is 12.1 Å². The number of hydrogen-bond acceptors (Lipinski definition) is 8. The quantitative estimate of drug-likeness (QED) is 0.434. The molecule has 1 fully saturated rings. The van der Waals surface area contributed by atoms with Crippen molar-refractivity contribution in [1.82, 2.24) is 19.2 Å². The average molecular weight is 535 g/mol. The highest BCUT2D eigenvalue weighted by Gasteiger charge is 2.34. The summed E-state index contributed by atoms with van der Waals surface area (Å²) in [6.45, 7) is 1.80. The van der Waals surface area contributed by atoms with E-state index in [0.717, 1.165) is 4.90 Å². The Balaban J connectivity index is 1.11. The predicted octanol–water partition coefficient (Wildman–Crippen LogP) is 2.00. The van der Waals surface area contributed by atoms with Crippen LogP contribution >= 0.6 is 0 Å². The lowest BCUT2D eigenvalue weighted by Gasteiger charge is -2.34. The van der Waals surface area contributed by atoms with E-state index in [4.69, 9.17) is 0 Å². The van der Waals surface area contributed by atoms with Crippen LogP contribution < -0.4 is 10.2 Å². The maximum atomic E-state index is 13.1. The molecule has 1 saturated heterocycles. The molecule has 0 aliphatic carbocycles. The van der Waals surface area contributed by atoms with Crippen molar-refractivity contribution >= 4 is 39.3 Å². The Morgan fingerprint density at radius 3 is 2.16 bits per heavy atom. The highest BCUT2D eigenvalue weighted by Crippen LogP contribution is 2.24. The van der Waals surface area contributed by atoms with Crippen LogP contribution in [0.3, 0.4) is 0 Å². The summed E-state index contributed by atoms with van der Waals surface area (Å²) >= 11 is 0. The van der Waals surface area contributed by atoms with Gasteiger partial charge in [0.15, 0.2) is 0 Å². The number of rotatable bonds is 8. The molecular weight excluding hydrogens is 508 g/mol. The summed E-state index contributed by atoms with van der Waals surface area (Å²) in [6.07, 6.45) is 5.26. The van der Waals surface area contributed by atoms with Gasteiger partial charge in [-0.2, -0.15) is 4.31 Å². The Morgan fingerprint density at radius 2 is 1.55 bits per heavy atom. The van der Waals surface area contributed by atoms with E-state index in [1.54, 1.807) is 55.0 Å². The van der Waals surface area contributed by atoms with Crippen molar-refractivity contribution in [1.29, 1.82) is 0 Å². The zero-order chi connectivity index (χ0) is 26.7. The molecule has 0 bridgehead atoms. The molecule has 1 aromatic heterocycles. The molecule has 0 atom stereocenters. The maximum Gasteiger partial charge on any atom is 0.261 e. The average Bonchev–Trinajstić information content (AvgIpc) is 3.19. The number of sulfonamides is 1. The topological polar surface area (TPSA) is 133 Å². The summed E-state index contributed by atoms with van der Waals surface area (Å²) in [7, 11) is -3.68. The van der Waals surface area contributed by atoms with Gasteiger partial charge < -0.3 is 10.2 Å². The van der Waals surface area contributed by atoms with Gasteiger partial charge in [0.1, 0.15) is 5.82 Å². The molecule has 0 radical (unpaired) electrons. The summed E-state index contributed by atoms with van der Waals surface area (Å²) in [5, 5.41) is 2.73. The maximum absolute atomic E-state index is 13.1. The highest BCUT2D eigenvalue weighted by molar-refractivity contribution is 7.89. The molecule has 2 aliphatic rings. The molecule has 2 aliphatic heterocycles. The number of fused-ring (bicyclic) bond motifs is 1. The zero-order valence-corrected chi connectivity index (χ0v) is 21.3. The van der Waals surface area contributed by atoms with E-state index < -0.39 is 10.0 Å². The van der Waals surface area contributed by atoms with Gasteiger partial charge in [-0.05, 0) is 42.8 Å². The summed E-state index contributed by atoms with van der Waals surface area (Å²) < 4.78 is 27.6.